The topological polar surface area (TPSA) is 54.5 Å². The van der Waals surface area contributed by atoms with E-state index < -0.39 is 0 Å². The lowest BCUT2D eigenvalue weighted by Gasteiger charge is -2.29. The average molecular weight is 374 g/mol. The average Bonchev–Trinajstić information content (AvgIpc) is 3.09. The summed E-state index contributed by atoms with van der Waals surface area (Å²) in [6.45, 7) is 7.53. The second-order valence-corrected chi connectivity index (χ2v) is 7.80. The van der Waals surface area contributed by atoms with E-state index in [9.17, 15) is 4.79 Å². The molecular weight excluding hydrogens is 346 g/mol. The first-order chi connectivity index (χ1) is 12.6. The number of hydrogen-bond acceptors (Lipinski definition) is 5. The van der Waals surface area contributed by atoms with Crippen molar-refractivity contribution in [1.29, 1.82) is 0 Å². The van der Waals surface area contributed by atoms with Crippen LogP contribution in [0, 0.1) is 5.92 Å². The number of aromatic nitrogens is 1. The summed E-state index contributed by atoms with van der Waals surface area (Å²) < 4.78 is 5.53. The van der Waals surface area contributed by atoms with E-state index in [1.54, 1.807) is 0 Å². The first-order valence-electron chi connectivity index (χ1n) is 9.30. The third-order valence-corrected chi connectivity index (χ3v) is 5.57. The number of hydrogen-bond donors (Lipinski definition) is 1. The Bertz CT molecular complexity index is 706. The largest absolute Gasteiger partial charge is 0.484 e. The summed E-state index contributed by atoms with van der Waals surface area (Å²) in [6.07, 6.45) is 3.50. The number of carbonyl (C=O) groups excluding carboxylic acids is 1. The van der Waals surface area contributed by atoms with Crippen LogP contribution in [0.2, 0.25) is 0 Å². The van der Waals surface area contributed by atoms with Gasteiger partial charge >= 0.3 is 0 Å². The Morgan fingerprint density at radius 2 is 2.04 bits per heavy atom. The molecule has 3 rings (SSSR count). The van der Waals surface area contributed by atoms with Gasteiger partial charge in [0.2, 0.25) is 0 Å². The maximum Gasteiger partial charge on any atom is 0.264 e. The maximum atomic E-state index is 12.1. The fourth-order valence-electron chi connectivity index (χ4n) is 3.01. The number of aryl methyl sites for hydroxylation is 1. The van der Waals surface area contributed by atoms with E-state index in [2.05, 4.69) is 29.0 Å². The van der Waals surface area contributed by atoms with Crippen molar-refractivity contribution in [3.63, 3.8) is 0 Å². The van der Waals surface area contributed by atoms with Gasteiger partial charge in [0.15, 0.2) is 11.7 Å². The molecule has 2 aromatic rings. The van der Waals surface area contributed by atoms with Gasteiger partial charge in [-0.2, -0.15) is 0 Å². The molecule has 5 nitrogen and oxygen atoms in total. The van der Waals surface area contributed by atoms with E-state index in [1.165, 1.54) is 29.7 Å². The molecule has 1 fully saturated rings. The van der Waals surface area contributed by atoms with Gasteiger partial charge in [0, 0.05) is 11.9 Å². The van der Waals surface area contributed by atoms with Crippen LogP contribution in [-0.4, -0.2) is 35.5 Å². The summed E-state index contributed by atoms with van der Waals surface area (Å²) in [7, 11) is 0. The van der Waals surface area contributed by atoms with E-state index >= 15 is 0 Å². The van der Waals surface area contributed by atoms with Crippen molar-refractivity contribution < 1.29 is 9.53 Å². The molecule has 26 heavy (non-hydrogen) atoms. The minimum Gasteiger partial charge on any atom is -0.484 e. The van der Waals surface area contributed by atoms with Crippen molar-refractivity contribution in [2.24, 2.45) is 5.92 Å². The second kappa shape index (κ2) is 9.14. The molecule has 1 aromatic heterocycles. The predicted octanol–water partition coefficient (Wildman–Crippen LogP) is 3.95. The highest BCUT2D eigenvalue weighted by molar-refractivity contribution is 7.13. The predicted molar refractivity (Wildman–Crippen MR) is 106 cm³/mol. The Morgan fingerprint density at radius 1 is 1.31 bits per heavy atom. The number of nitrogens with one attached hydrogen (secondary N) is 1. The highest BCUT2D eigenvalue weighted by Gasteiger charge is 2.17. The molecule has 0 radical (unpaired) electrons. The monoisotopic (exact) mass is 373 g/mol. The molecule has 0 spiro atoms. The van der Waals surface area contributed by atoms with Crippen molar-refractivity contribution in [2.45, 2.75) is 39.7 Å². The third-order valence-electron chi connectivity index (χ3n) is 4.76. The normalized spacial score (nSPS) is 15.8. The zero-order valence-corrected chi connectivity index (χ0v) is 16.3. The van der Waals surface area contributed by atoms with Gasteiger partial charge in [0.05, 0.1) is 5.69 Å². The standard InChI is InChI=1S/C20H27N3O2S/c1-3-16-4-6-18(7-5-16)25-13-19(24)22-20-21-17(14-26-20)12-23-10-8-15(2)9-11-23/h4-7,14-15H,3,8-13H2,1-2H3,(H,21,22,24). The minimum atomic E-state index is -0.183. The van der Waals surface area contributed by atoms with Gasteiger partial charge in [-0.3, -0.25) is 15.0 Å². The SMILES string of the molecule is CCc1ccc(OCC(=O)Nc2nc(CN3CCC(C)CC3)cs2)cc1. The molecule has 0 unspecified atom stereocenters. The molecule has 0 aliphatic carbocycles. The number of anilines is 1. The lowest BCUT2D eigenvalue weighted by molar-refractivity contribution is -0.118. The molecular formula is C20H27N3O2S. The number of nitrogens with zero attached hydrogens (tertiary/aromatic N) is 2. The summed E-state index contributed by atoms with van der Waals surface area (Å²) in [5.74, 6) is 1.35. The van der Waals surface area contributed by atoms with Crippen molar-refractivity contribution in [3.8, 4) is 5.75 Å². The van der Waals surface area contributed by atoms with E-state index in [0.717, 1.165) is 37.7 Å². The number of piperidine rings is 1. The van der Waals surface area contributed by atoms with Crippen LogP contribution in [0.15, 0.2) is 29.6 Å². The molecule has 0 saturated carbocycles. The van der Waals surface area contributed by atoms with Gasteiger partial charge in [-0.05, 0) is 56.0 Å². The molecule has 2 heterocycles. The summed E-state index contributed by atoms with van der Waals surface area (Å²) in [5.41, 5.74) is 2.27. The number of carbonyl (C=O) groups is 1. The third kappa shape index (κ3) is 5.54. The molecule has 1 saturated heterocycles. The number of benzene rings is 1. The number of thiazole rings is 1. The molecule has 0 atom stereocenters. The van der Waals surface area contributed by atoms with Crippen LogP contribution in [0.4, 0.5) is 5.13 Å². The zero-order chi connectivity index (χ0) is 18.4. The highest BCUT2D eigenvalue weighted by atomic mass is 32.1. The fourth-order valence-corrected chi connectivity index (χ4v) is 3.73. The molecule has 1 amide bonds. The molecule has 0 bridgehead atoms. The Morgan fingerprint density at radius 3 is 2.73 bits per heavy atom. The summed E-state index contributed by atoms with van der Waals surface area (Å²) in [5, 5.41) is 5.49. The number of rotatable bonds is 7. The minimum absolute atomic E-state index is 0.00953. The quantitative estimate of drug-likeness (QED) is 0.798. The lowest BCUT2D eigenvalue weighted by atomic mass is 9.99. The Kier molecular flexibility index (Phi) is 6.63. The van der Waals surface area contributed by atoms with E-state index in [-0.39, 0.29) is 12.5 Å². The molecule has 6 heteroatoms. The number of amides is 1. The van der Waals surface area contributed by atoms with Crippen LogP contribution in [0.25, 0.3) is 0 Å². The van der Waals surface area contributed by atoms with Crippen LogP contribution in [0.3, 0.4) is 0 Å². The van der Waals surface area contributed by atoms with Crippen LogP contribution < -0.4 is 10.1 Å². The van der Waals surface area contributed by atoms with Crippen LogP contribution in [0.5, 0.6) is 5.75 Å². The molecule has 140 valence electrons. The van der Waals surface area contributed by atoms with Gasteiger partial charge in [0.25, 0.3) is 5.91 Å². The van der Waals surface area contributed by atoms with Gasteiger partial charge in [0.1, 0.15) is 5.75 Å². The van der Waals surface area contributed by atoms with Crippen LogP contribution in [0.1, 0.15) is 37.9 Å². The lowest BCUT2D eigenvalue weighted by Crippen LogP contribution is -2.32. The molecule has 1 aliphatic rings. The molecule has 1 aromatic carbocycles. The summed E-state index contributed by atoms with van der Waals surface area (Å²) in [6, 6.07) is 7.82. The summed E-state index contributed by atoms with van der Waals surface area (Å²) >= 11 is 1.47. The highest BCUT2D eigenvalue weighted by Crippen LogP contribution is 2.21. The smallest absolute Gasteiger partial charge is 0.264 e. The first-order valence-corrected chi connectivity index (χ1v) is 10.2. The van der Waals surface area contributed by atoms with E-state index in [0.29, 0.717) is 10.9 Å². The first kappa shape index (κ1) is 18.9. The van der Waals surface area contributed by atoms with Gasteiger partial charge in [-0.1, -0.05) is 26.0 Å². The maximum absolute atomic E-state index is 12.1. The van der Waals surface area contributed by atoms with Crippen molar-refractivity contribution in [1.82, 2.24) is 9.88 Å². The van der Waals surface area contributed by atoms with Crippen molar-refractivity contribution in [3.05, 3.63) is 40.9 Å². The zero-order valence-electron chi connectivity index (χ0n) is 15.5. The van der Waals surface area contributed by atoms with Crippen molar-refractivity contribution >= 4 is 22.4 Å². The number of likely N-dealkylation sites (tertiary alicyclic amines) is 1. The van der Waals surface area contributed by atoms with Crippen LogP contribution in [-0.2, 0) is 17.8 Å². The summed E-state index contributed by atoms with van der Waals surface area (Å²) in [4.78, 5) is 19.0. The van der Waals surface area contributed by atoms with Crippen molar-refractivity contribution in [2.75, 3.05) is 25.0 Å². The number of ether oxygens (including phenoxy) is 1. The molecule has 1 N–H and O–H groups in total. The Balaban J connectivity index is 1.43. The molecule has 1 aliphatic heterocycles. The fraction of sp³-hybridized carbons (Fsp3) is 0.500. The van der Waals surface area contributed by atoms with Gasteiger partial charge in [-0.25, -0.2) is 4.98 Å². The Hall–Kier alpha value is -1.92. The van der Waals surface area contributed by atoms with E-state index in [1.807, 2.05) is 29.6 Å². The van der Waals surface area contributed by atoms with Gasteiger partial charge in [-0.15, -0.1) is 11.3 Å². The second-order valence-electron chi connectivity index (χ2n) is 6.94. The van der Waals surface area contributed by atoms with E-state index in [4.69, 9.17) is 4.74 Å². The Labute approximate surface area is 159 Å². The van der Waals surface area contributed by atoms with Gasteiger partial charge < -0.3 is 4.74 Å². The van der Waals surface area contributed by atoms with Crippen LogP contribution >= 0.6 is 11.3 Å².